The molecule has 0 bridgehead atoms. The van der Waals surface area contributed by atoms with Gasteiger partial charge in [0, 0.05) is 5.92 Å². The van der Waals surface area contributed by atoms with Crippen molar-refractivity contribution in [3.63, 3.8) is 0 Å². The summed E-state index contributed by atoms with van der Waals surface area (Å²) in [6, 6.07) is 9.80. The van der Waals surface area contributed by atoms with Crippen molar-refractivity contribution < 1.29 is 8.78 Å². The molecule has 1 nitrogen and oxygen atoms in total. The third kappa shape index (κ3) is 2.97. The van der Waals surface area contributed by atoms with Gasteiger partial charge in [0.25, 0.3) is 6.43 Å². The fourth-order valence-corrected chi connectivity index (χ4v) is 3.25. The number of rotatable bonds is 5. The fourth-order valence-electron chi connectivity index (χ4n) is 3.25. The summed E-state index contributed by atoms with van der Waals surface area (Å²) >= 11 is 0. The molecule has 0 radical (unpaired) electrons. The van der Waals surface area contributed by atoms with E-state index >= 15 is 0 Å². The second-order valence-electron chi connectivity index (χ2n) is 5.48. The third-order valence-corrected chi connectivity index (χ3v) is 4.25. The number of hydrogen-bond donors (Lipinski definition) is 1. The van der Waals surface area contributed by atoms with E-state index in [0.29, 0.717) is 13.0 Å². The Morgan fingerprint density at radius 3 is 2.63 bits per heavy atom. The molecule has 0 heterocycles. The highest BCUT2D eigenvalue weighted by Crippen LogP contribution is 2.44. The average Bonchev–Trinajstić information content (AvgIpc) is 2.46. The first-order chi connectivity index (χ1) is 9.20. The van der Waals surface area contributed by atoms with Crippen LogP contribution in [0.15, 0.2) is 30.3 Å². The van der Waals surface area contributed by atoms with Gasteiger partial charge in [-0.05, 0) is 31.4 Å². The van der Waals surface area contributed by atoms with E-state index in [1.807, 2.05) is 37.3 Å². The molecular formula is C16H23F2N. The molecule has 2 rings (SSSR count). The minimum absolute atomic E-state index is 0.0750. The van der Waals surface area contributed by atoms with Crippen LogP contribution in [0.25, 0.3) is 0 Å². The Bertz CT molecular complexity index is 380. The topological polar surface area (TPSA) is 12.0 Å². The summed E-state index contributed by atoms with van der Waals surface area (Å²) in [6.07, 6.45) is 1.93. The van der Waals surface area contributed by atoms with Gasteiger partial charge in [-0.1, -0.05) is 50.1 Å². The van der Waals surface area contributed by atoms with Crippen LogP contribution in [0.3, 0.4) is 0 Å². The number of hydrogen-bond acceptors (Lipinski definition) is 1. The molecule has 19 heavy (non-hydrogen) atoms. The van der Waals surface area contributed by atoms with E-state index in [-0.39, 0.29) is 5.92 Å². The van der Waals surface area contributed by atoms with Gasteiger partial charge in [0.1, 0.15) is 0 Å². The summed E-state index contributed by atoms with van der Waals surface area (Å²) in [6.45, 7) is 2.68. The predicted molar refractivity (Wildman–Crippen MR) is 74.7 cm³/mol. The van der Waals surface area contributed by atoms with E-state index in [0.717, 1.165) is 31.2 Å². The highest BCUT2D eigenvalue weighted by atomic mass is 19.3. The minimum Gasteiger partial charge on any atom is -0.306 e. The standard InChI is InChI=1S/C16H23F2N/c1-2-12-19-16(15(17)18)11-7-6-10-14(16)13-8-4-3-5-9-13/h3-5,8-9,14-15,19H,2,6-7,10-12H2,1H3. The Balaban J connectivity index is 2.30. The van der Waals surface area contributed by atoms with Crippen LogP contribution in [0.1, 0.15) is 50.5 Å². The normalized spacial score (nSPS) is 27.7. The molecule has 1 aliphatic rings. The number of nitrogens with one attached hydrogen (secondary N) is 1. The molecule has 3 heteroatoms. The molecule has 0 amide bonds. The van der Waals surface area contributed by atoms with Crippen LogP contribution < -0.4 is 5.32 Å². The largest absolute Gasteiger partial charge is 0.306 e. The number of alkyl halides is 2. The Kier molecular flexibility index (Phi) is 4.92. The summed E-state index contributed by atoms with van der Waals surface area (Å²) < 4.78 is 27.5. The van der Waals surface area contributed by atoms with E-state index < -0.39 is 12.0 Å². The maximum Gasteiger partial charge on any atom is 0.257 e. The molecule has 2 unspecified atom stereocenters. The van der Waals surface area contributed by atoms with Crippen molar-refractivity contribution in [2.45, 2.75) is 56.9 Å². The van der Waals surface area contributed by atoms with E-state index in [1.54, 1.807) is 0 Å². The lowest BCUT2D eigenvalue weighted by atomic mass is 9.69. The number of benzene rings is 1. The molecule has 1 saturated carbocycles. The molecular weight excluding hydrogens is 244 g/mol. The molecule has 0 aromatic heterocycles. The van der Waals surface area contributed by atoms with E-state index in [9.17, 15) is 8.78 Å². The van der Waals surface area contributed by atoms with Gasteiger partial charge in [0.05, 0.1) is 5.54 Å². The van der Waals surface area contributed by atoms with Gasteiger partial charge in [-0.3, -0.25) is 0 Å². The van der Waals surface area contributed by atoms with Crippen LogP contribution in [0, 0.1) is 0 Å². The molecule has 106 valence electrons. The van der Waals surface area contributed by atoms with Crippen LogP contribution in [-0.2, 0) is 0 Å². The van der Waals surface area contributed by atoms with E-state index in [4.69, 9.17) is 0 Å². The fraction of sp³-hybridized carbons (Fsp3) is 0.625. The van der Waals surface area contributed by atoms with Gasteiger partial charge in [0.15, 0.2) is 0 Å². The van der Waals surface area contributed by atoms with E-state index in [2.05, 4.69) is 5.32 Å². The minimum atomic E-state index is -2.32. The summed E-state index contributed by atoms with van der Waals surface area (Å²) in [5, 5.41) is 3.18. The van der Waals surface area contributed by atoms with Crippen molar-refractivity contribution in [1.82, 2.24) is 5.32 Å². The molecule has 2 atom stereocenters. The molecule has 1 aromatic carbocycles. The van der Waals surface area contributed by atoms with Crippen molar-refractivity contribution in [1.29, 1.82) is 0 Å². The lowest BCUT2D eigenvalue weighted by molar-refractivity contribution is -0.00729. The predicted octanol–water partition coefficient (Wildman–Crippen LogP) is 4.35. The van der Waals surface area contributed by atoms with E-state index in [1.165, 1.54) is 0 Å². The zero-order valence-electron chi connectivity index (χ0n) is 11.5. The summed E-state index contributed by atoms with van der Waals surface area (Å²) in [5.74, 6) is -0.0750. The van der Waals surface area contributed by atoms with Gasteiger partial charge in [0.2, 0.25) is 0 Å². The molecule has 1 N–H and O–H groups in total. The summed E-state index contributed by atoms with van der Waals surface area (Å²) in [4.78, 5) is 0. The van der Waals surface area contributed by atoms with Crippen LogP contribution >= 0.6 is 0 Å². The molecule has 1 aromatic rings. The second kappa shape index (κ2) is 6.47. The maximum absolute atomic E-state index is 13.8. The van der Waals surface area contributed by atoms with Crippen LogP contribution in [0.2, 0.25) is 0 Å². The molecule has 0 saturated heterocycles. The monoisotopic (exact) mass is 267 g/mol. The van der Waals surface area contributed by atoms with Crippen molar-refractivity contribution in [3.05, 3.63) is 35.9 Å². The average molecular weight is 267 g/mol. The van der Waals surface area contributed by atoms with Gasteiger partial charge in [-0.25, -0.2) is 8.78 Å². The summed E-state index contributed by atoms with van der Waals surface area (Å²) in [5.41, 5.74) is 0.0152. The van der Waals surface area contributed by atoms with Crippen molar-refractivity contribution in [2.24, 2.45) is 0 Å². The van der Waals surface area contributed by atoms with Gasteiger partial charge in [-0.15, -0.1) is 0 Å². The number of halogens is 2. The van der Waals surface area contributed by atoms with Crippen molar-refractivity contribution in [3.8, 4) is 0 Å². The Morgan fingerprint density at radius 2 is 2.00 bits per heavy atom. The zero-order valence-corrected chi connectivity index (χ0v) is 11.5. The smallest absolute Gasteiger partial charge is 0.257 e. The first-order valence-electron chi connectivity index (χ1n) is 7.29. The third-order valence-electron chi connectivity index (χ3n) is 4.25. The molecule has 1 fully saturated rings. The SMILES string of the molecule is CCCNC1(C(F)F)CCCCC1c1ccccc1. The Hall–Kier alpha value is -0.960. The quantitative estimate of drug-likeness (QED) is 0.836. The highest BCUT2D eigenvalue weighted by Gasteiger charge is 2.48. The molecule has 0 spiro atoms. The maximum atomic E-state index is 13.8. The first-order valence-corrected chi connectivity index (χ1v) is 7.29. The summed E-state index contributed by atoms with van der Waals surface area (Å²) in [7, 11) is 0. The highest BCUT2D eigenvalue weighted by molar-refractivity contribution is 5.25. The second-order valence-corrected chi connectivity index (χ2v) is 5.48. The lowest BCUT2D eigenvalue weighted by Gasteiger charge is -2.44. The molecule has 0 aliphatic heterocycles. The first kappa shape index (κ1) is 14.4. The lowest BCUT2D eigenvalue weighted by Crippen LogP contribution is -2.57. The van der Waals surface area contributed by atoms with Crippen LogP contribution in [0.5, 0.6) is 0 Å². The Labute approximate surface area is 114 Å². The van der Waals surface area contributed by atoms with Gasteiger partial charge < -0.3 is 5.32 Å². The van der Waals surface area contributed by atoms with Gasteiger partial charge >= 0.3 is 0 Å². The van der Waals surface area contributed by atoms with Crippen LogP contribution in [0.4, 0.5) is 8.78 Å². The Morgan fingerprint density at radius 1 is 1.26 bits per heavy atom. The van der Waals surface area contributed by atoms with Crippen LogP contribution in [-0.4, -0.2) is 18.5 Å². The van der Waals surface area contributed by atoms with Crippen molar-refractivity contribution in [2.75, 3.05) is 6.54 Å². The van der Waals surface area contributed by atoms with Gasteiger partial charge in [-0.2, -0.15) is 0 Å². The molecule has 1 aliphatic carbocycles. The van der Waals surface area contributed by atoms with Crippen molar-refractivity contribution >= 4 is 0 Å². The zero-order chi connectivity index (χ0) is 13.7.